The highest BCUT2D eigenvalue weighted by Crippen LogP contribution is 2.35. The van der Waals surface area contributed by atoms with Crippen LogP contribution in [0.5, 0.6) is 0 Å². The fourth-order valence-electron chi connectivity index (χ4n) is 3.72. The molecule has 3 rings (SSSR count). The Morgan fingerprint density at radius 3 is 1.91 bits per heavy atom. The lowest BCUT2D eigenvalue weighted by Crippen LogP contribution is -2.44. The first kappa shape index (κ1) is 29.2. The average molecular weight is 505 g/mol. The molecular weight excluding hydrogens is 480 g/mol. The minimum absolute atomic E-state index is 0.0514. The molecule has 34 heavy (non-hydrogen) atoms. The zero-order valence-electron chi connectivity index (χ0n) is 18.4. The second-order valence-corrected chi connectivity index (χ2v) is 7.68. The van der Waals surface area contributed by atoms with Crippen LogP contribution in [0.15, 0.2) is 12.4 Å². The Kier molecular flexibility index (Phi) is 9.86. The van der Waals surface area contributed by atoms with Crippen molar-refractivity contribution in [2.45, 2.75) is 37.4 Å². The molecule has 3 N–H and O–H groups in total. The van der Waals surface area contributed by atoms with E-state index in [1.807, 2.05) is 17.9 Å². The van der Waals surface area contributed by atoms with E-state index in [0.29, 0.717) is 12.0 Å². The number of nitrogens with zero attached hydrogens (tertiary/aromatic N) is 4. The highest BCUT2D eigenvalue weighted by Gasteiger charge is 2.46. The lowest BCUT2D eigenvalue weighted by Gasteiger charge is -2.25. The highest BCUT2D eigenvalue weighted by atomic mass is 19.4. The van der Waals surface area contributed by atoms with Gasteiger partial charge in [0.15, 0.2) is 0 Å². The van der Waals surface area contributed by atoms with Crippen LogP contribution >= 0.6 is 0 Å². The number of aliphatic carboxylic acids is 2. The molecule has 16 heteroatoms. The average Bonchev–Trinajstić information content (AvgIpc) is 3.37. The molecule has 1 aromatic rings. The fraction of sp³-hybridized carbons (Fsp3) is 0.667. The zero-order chi connectivity index (χ0) is 26.4. The van der Waals surface area contributed by atoms with Crippen molar-refractivity contribution < 1.29 is 50.9 Å². The number of likely N-dealkylation sites (tertiary alicyclic amines) is 2. The van der Waals surface area contributed by atoms with E-state index in [2.05, 4.69) is 33.5 Å². The minimum atomic E-state index is -5.08. The normalized spacial score (nSPS) is 22.7. The molecule has 0 bridgehead atoms. The van der Waals surface area contributed by atoms with E-state index in [9.17, 15) is 31.1 Å². The Bertz CT molecular complexity index is 835. The van der Waals surface area contributed by atoms with Crippen LogP contribution in [0.3, 0.4) is 0 Å². The first-order chi connectivity index (χ1) is 15.5. The molecule has 0 radical (unpaired) electrons. The monoisotopic (exact) mass is 505 g/mol. The summed E-state index contributed by atoms with van der Waals surface area (Å²) in [4.78, 5) is 34.4. The standard InChI is InChI=1S/C14H23N5O.2C2HF3O2/c1-15-14(20)12-4-11-8-19(9-13(11)18(12)3)7-10-5-16-17(2)6-10;2*3-2(4,5)1(6)7/h5-6,11-13H,4,7-9H2,1-3H3,(H,15,20);2*(H,6,7)/t11-,12-,13+;;/m0../s1. The molecule has 0 aliphatic carbocycles. The van der Waals surface area contributed by atoms with Gasteiger partial charge in [-0.15, -0.1) is 0 Å². The predicted octanol–water partition coefficient (Wildman–Crippen LogP) is 0.937. The second-order valence-electron chi connectivity index (χ2n) is 7.68. The summed E-state index contributed by atoms with van der Waals surface area (Å²) in [5, 5.41) is 21.2. The molecule has 0 spiro atoms. The molecule has 2 aliphatic heterocycles. The van der Waals surface area contributed by atoms with Crippen molar-refractivity contribution in [1.29, 1.82) is 0 Å². The number of rotatable bonds is 3. The van der Waals surface area contributed by atoms with Gasteiger partial charge in [0.25, 0.3) is 0 Å². The van der Waals surface area contributed by atoms with Gasteiger partial charge in [-0.2, -0.15) is 31.4 Å². The third-order valence-corrected chi connectivity index (χ3v) is 5.22. The number of halogens is 6. The SMILES string of the molecule is CNC(=O)[C@@H]1C[C@H]2CN(Cc3cnn(C)c3)C[C@H]2N1C.O=C(O)C(F)(F)F.O=C(O)C(F)(F)F. The molecular formula is C18H25F6N5O5. The first-order valence-electron chi connectivity index (χ1n) is 9.71. The molecule has 2 fully saturated rings. The Morgan fingerprint density at radius 1 is 1.06 bits per heavy atom. The van der Waals surface area contributed by atoms with Crippen LogP contribution in [0, 0.1) is 5.92 Å². The lowest BCUT2D eigenvalue weighted by molar-refractivity contribution is -0.193. The van der Waals surface area contributed by atoms with Crippen LogP contribution < -0.4 is 5.32 Å². The quantitative estimate of drug-likeness (QED) is 0.518. The number of carboxylic acid groups (broad SMARTS) is 2. The largest absolute Gasteiger partial charge is 0.490 e. The Morgan fingerprint density at radius 2 is 1.56 bits per heavy atom. The van der Waals surface area contributed by atoms with Gasteiger partial charge in [-0.1, -0.05) is 0 Å². The topological polar surface area (TPSA) is 128 Å². The van der Waals surface area contributed by atoms with Crippen LogP contribution in [0.2, 0.25) is 0 Å². The van der Waals surface area contributed by atoms with Gasteiger partial charge in [0.05, 0.1) is 12.2 Å². The molecule has 0 saturated carbocycles. The van der Waals surface area contributed by atoms with E-state index in [0.717, 1.165) is 26.1 Å². The zero-order valence-corrected chi connectivity index (χ0v) is 18.4. The van der Waals surface area contributed by atoms with E-state index in [-0.39, 0.29) is 11.9 Å². The molecule has 2 aliphatic rings. The van der Waals surface area contributed by atoms with Gasteiger partial charge in [0, 0.05) is 51.5 Å². The first-order valence-corrected chi connectivity index (χ1v) is 9.71. The second kappa shape index (κ2) is 11.5. The van der Waals surface area contributed by atoms with Crippen molar-refractivity contribution in [3.8, 4) is 0 Å². The van der Waals surface area contributed by atoms with Gasteiger partial charge in [0.2, 0.25) is 5.91 Å². The third kappa shape index (κ3) is 8.48. The molecule has 0 aromatic carbocycles. The van der Waals surface area contributed by atoms with Crippen LogP contribution in [0.4, 0.5) is 26.3 Å². The van der Waals surface area contributed by atoms with Crippen LogP contribution in [-0.4, -0.2) is 99.3 Å². The lowest BCUT2D eigenvalue weighted by atomic mass is 10.0. The summed E-state index contributed by atoms with van der Waals surface area (Å²) in [5.41, 5.74) is 1.26. The third-order valence-electron chi connectivity index (χ3n) is 5.22. The number of alkyl halides is 6. The number of hydrogen-bond donors (Lipinski definition) is 3. The van der Waals surface area contributed by atoms with Crippen molar-refractivity contribution >= 4 is 17.8 Å². The Hall–Kier alpha value is -2.88. The summed E-state index contributed by atoms with van der Waals surface area (Å²) in [6, 6.07) is 0.560. The number of carbonyl (C=O) groups is 3. The number of aromatic nitrogens is 2. The molecule has 0 unspecified atom stereocenters. The summed E-state index contributed by atoms with van der Waals surface area (Å²) < 4.78 is 65.3. The minimum Gasteiger partial charge on any atom is -0.475 e. The van der Waals surface area contributed by atoms with Crippen LogP contribution in [0.1, 0.15) is 12.0 Å². The molecule has 10 nitrogen and oxygen atoms in total. The fourth-order valence-corrected chi connectivity index (χ4v) is 3.72. The van der Waals surface area contributed by atoms with Gasteiger partial charge in [0.1, 0.15) is 0 Å². The molecule has 3 heterocycles. The number of carboxylic acids is 2. The van der Waals surface area contributed by atoms with E-state index in [4.69, 9.17) is 19.8 Å². The van der Waals surface area contributed by atoms with E-state index in [1.165, 1.54) is 5.56 Å². The predicted molar refractivity (Wildman–Crippen MR) is 103 cm³/mol. The van der Waals surface area contributed by atoms with Gasteiger partial charge < -0.3 is 15.5 Å². The van der Waals surface area contributed by atoms with E-state index >= 15 is 0 Å². The van der Waals surface area contributed by atoms with Gasteiger partial charge in [-0.25, -0.2) is 9.59 Å². The molecule has 1 amide bonds. The van der Waals surface area contributed by atoms with Gasteiger partial charge in [-0.05, 0) is 19.4 Å². The Balaban J connectivity index is 0.000000343. The highest BCUT2D eigenvalue weighted by molar-refractivity contribution is 5.81. The smallest absolute Gasteiger partial charge is 0.475 e. The van der Waals surface area contributed by atoms with Gasteiger partial charge in [-0.3, -0.25) is 19.3 Å². The summed E-state index contributed by atoms with van der Waals surface area (Å²) in [7, 11) is 5.75. The maximum Gasteiger partial charge on any atom is 0.490 e. The number of likely N-dealkylation sites (N-methyl/N-ethyl adjacent to an activating group) is 2. The molecule has 3 atom stereocenters. The van der Waals surface area contributed by atoms with E-state index < -0.39 is 24.3 Å². The number of hydrogen-bond acceptors (Lipinski definition) is 6. The van der Waals surface area contributed by atoms with Gasteiger partial charge >= 0.3 is 24.3 Å². The van der Waals surface area contributed by atoms with Crippen LogP contribution in [0.25, 0.3) is 0 Å². The Labute approximate surface area is 190 Å². The number of nitrogens with one attached hydrogen (secondary N) is 1. The number of amides is 1. The number of carbonyl (C=O) groups excluding carboxylic acids is 1. The maximum atomic E-state index is 11.9. The molecule has 2 saturated heterocycles. The van der Waals surface area contributed by atoms with Crippen molar-refractivity contribution in [3.63, 3.8) is 0 Å². The van der Waals surface area contributed by atoms with Crippen molar-refractivity contribution in [2.75, 3.05) is 27.2 Å². The molecule has 1 aromatic heterocycles. The van der Waals surface area contributed by atoms with E-state index in [1.54, 1.807) is 7.05 Å². The maximum absolute atomic E-state index is 11.9. The van der Waals surface area contributed by atoms with Crippen molar-refractivity contribution in [1.82, 2.24) is 24.9 Å². The number of aryl methyl sites for hydroxylation is 1. The summed E-state index contributed by atoms with van der Waals surface area (Å²) in [6.45, 7) is 3.08. The van der Waals surface area contributed by atoms with Crippen molar-refractivity contribution in [3.05, 3.63) is 18.0 Å². The summed E-state index contributed by atoms with van der Waals surface area (Å²) in [6.07, 6.45) is -5.18. The molecule has 194 valence electrons. The summed E-state index contributed by atoms with van der Waals surface area (Å²) >= 11 is 0. The summed E-state index contributed by atoms with van der Waals surface area (Å²) in [5.74, 6) is -4.75. The van der Waals surface area contributed by atoms with Crippen LogP contribution in [-0.2, 0) is 28.0 Å². The number of fused-ring (bicyclic) bond motifs is 1. The van der Waals surface area contributed by atoms with Crippen molar-refractivity contribution in [2.24, 2.45) is 13.0 Å².